The Kier molecular flexibility index (Phi) is 3.70. The Morgan fingerprint density at radius 3 is 2.60 bits per heavy atom. The molecule has 1 amide bonds. The Morgan fingerprint density at radius 2 is 2.00 bits per heavy atom. The minimum absolute atomic E-state index is 0.352. The quantitative estimate of drug-likeness (QED) is 0.882. The fourth-order valence-electron chi connectivity index (χ4n) is 3.05. The van der Waals surface area contributed by atoms with Crippen LogP contribution in [0.1, 0.15) is 37.0 Å². The molecule has 1 aromatic rings. The molecule has 5 nitrogen and oxygen atoms in total. The van der Waals surface area contributed by atoms with Gasteiger partial charge in [0.25, 0.3) is 5.91 Å². The van der Waals surface area contributed by atoms with E-state index in [0.717, 1.165) is 12.8 Å². The lowest BCUT2D eigenvalue weighted by atomic mass is 9.76. The van der Waals surface area contributed by atoms with Gasteiger partial charge in [0.1, 0.15) is 6.04 Å². The third kappa shape index (κ3) is 2.48. The molecule has 1 saturated heterocycles. The van der Waals surface area contributed by atoms with Crippen LogP contribution < -0.4 is 10.6 Å². The number of hydrogen-bond acceptors (Lipinski definition) is 3. The summed E-state index contributed by atoms with van der Waals surface area (Å²) in [5.74, 6) is -1.40. The molecule has 1 heterocycles. The zero-order valence-corrected chi connectivity index (χ0v) is 11.8. The monoisotopic (exact) mass is 276 g/mol. The topological polar surface area (TPSA) is 83.6 Å². The van der Waals surface area contributed by atoms with Crippen molar-refractivity contribution in [2.24, 2.45) is 11.1 Å². The Hall–Kier alpha value is -2.04. The lowest BCUT2D eigenvalue weighted by molar-refractivity contribution is -0.142. The van der Waals surface area contributed by atoms with E-state index in [1.54, 1.807) is 29.2 Å². The van der Waals surface area contributed by atoms with E-state index in [1.165, 1.54) is 0 Å². The maximum absolute atomic E-state index is 11.7. The zero-order chi connectivity index (χ0) is 14.9. The molecule has 108 valence electrons. The van der Waals surface area contributed by atoms with Crippen LogP contribution in [-0.2, 0) is 4.79 Å². The highest BCUT2D eigenvalue weighted by Gasteiger charge is 2.43. The fourth-order valence-corrected chi connectivity index (χ4v) is 3.05. The summed E-state index contributed by atoms with van der Waals surface area (Å²) in [6, 6.07) is 6.27. The molecule has 0 aromatic heterocycles. The van der Waals surface area contributed by atoms with Gasteiger partial charge < -0.3 is 15.7 Å². The van der Waals surface area contributed by atoms with E-state index in [4.69, 9.17) is 5.73 Å². The van der Waals surface area contributed by atoms with Crippen LogP contribution in [0.4, 0.5) is 5.69 Å². The van der Waals surface area contributed by atoms with Crippen LogP contribution in [0.5, 0.6) is 0 Å². The summed E-state index contributed by atoms with van der Waals surface area (Å²) in [4.78, 5) is 25.0. The minimum atomic E-state index is -0.867. The van der Waals surface area contributed by atoms with Gasteiger partial charge >= 0.3 is 5.97 Å². The van der Waals surface area contributed by atoms with Crippen molar-refractivity contribution in [3.63, 3.8) is 0 Å². The van der Waals surface area contributed by atoms with Crippen molar-refractivity contribution in [3.05, 3.63) is 29.8 Å². The maximum Gasteiger partial charge on any atom is 0.326 e. The number of carbonyl (C=O) groups is 2. The van der Waals surface area contributed by atoms with Gasteiger partial charge in [-0.05, 0) is 30.4 Å². The van der Waals surface area contributed by atoms with Gasteiger partial charge in [0.05, 0.1) is 11.3 Å². The highest BCUT2D eigenvalue weighted by molar-refractivity contribution is 5.99. The largest absolute Gasteiger partial charge is 0.480 e. The zero-order valence-electron chi connectivity index (χ0n) is 11.8. The van der Waals surface area contributed by atoms with E-state index in [9.17, 15) is 14.7 Å². The molecule has 2 rings (SSSR count). The summed E-state index contributed by atoms with van der Waals surface area (Å²) in [6.07, 6.45) is 1.74. The Morgan fingerprint density at radius 1 is 1.35 bits per heavy atom. The number of carbonyl (C=O) groups excluding carboxylic acids is 1. The number of nitrogens with zero attached hydrogens (tertiary/aromatic N) is 1. The molecular formula is C15H20N2O3. The molecule has 0 bridgehead atoms. The summed E-state index contributed by atoms with van der Waals surface area (Å²) >= 11 is 0. The van der Waals surface area contributed by atoms with Crippen LogP contribution in [0.25, 0.3) is 0 Å². The molecule has 1 unspecified atom stereocenters. The number of rotatable bonds is 3. The van der Waals surface area contributed by atoms with Gasteiger partial charge in [-0.2, -0.15) is 0 Å². The average Bonchev–Trinajstić information content (AvgIpc) is 2.36. The predicted molar refractivity (Wildman–Crippen MR) is 76.7 cm³/mol. The molecule has 0 radical (unpaired) electrons. The number of hydrogen-bond donors (Lipinski definition) is 2. The third-order valence-corrected chi connectivity index (χ3v) is 3.98. The van der Waals surface area contributed by atoms with Crippen LogP contribution in [0.3, 0.4) is 0 Å². The van der Waals surface area contributed by atoms with Crippen molar-refractivity contribution >= 4 is 17.6 Å². The first-order valence-corrected chi connectivity index (χ1v) is 6.73. The number of aliphatic carboxylic acids is 1. The molecule has 1 fully saturated rings. The van der Waals surface area contributed by atoms with Gasteiger partial charge in [-0.1, -0.05) is 26.0 Å². The van der Waals surface area contributed by atoms with Gasteiger partial charge in [0, 0.05) is 6.54 Å². The fraction of sp³-hybridized carbons (Fsp3) is 0.467. The predicted octanol–water partition coefficient (Wildman–Crippen LogP) is 1.87. The van der Waals surface area contributed by atoms with Crippen molar-refractivity contribution in [2.75, 3.05) is 11.4 Å². The first-order chi connectivity index (χ1) is 9.34. The summed E-state index contributed by atoms with van der Waals surface area (Å²) in [7, 11) is 0. The van der Waals surface area contributed by atoms with Gasteiger partial charge in [-0.25, -0.2) is 4.79 Å². The number of carboxylic acids is 1. The van der Waals surface area contributed by atoms with Crippen LogP contribution in [0, 0.1) is 5.41 Å². The second-order valence-corrected chi connectivity index (χ2v) is 5.91. The number of amides is 1. The number of para-hydroxylation sites is 1. The molecule has 1 aliphatic heterocycles. The SMILES string of the molecule is CC1(C)CCCN(c2ccccc2C(N)=O)C1C(=O)O. The Balaban J connectivity index is 2.50. The van der Waals surface area contributed by atoms with Gasteiger partial charge in [-0.15, -0.1) is 0 Å². The van der Waals surface area contributed by atoms with Crippen molar-refractivity contribution in [2.45, 2.75) is 32.7 Å². The molecule has 5 heteroatoms. The van der Waals surface area contributed by atoms with Crippen LogP contribution >= 0.6 is 0 Å². The van der Waals surface area contributed by atoms with Gasteiger partial charge in [-0.3, -0.25) is 4.79 Å². The highest BCUT2D eigenvalue weighted by atomic mass is 16.4. The number of piperidine rings is 1. The van der Waals surface area contributed by atoms with Gasteiger partial charge in [0.15, 0.2) is 0 Å². The standard InChI is InChI=1S/C15H20N2O3/c1-15(2)8-5-9-17(12(15)14(19)20)11-7-4-3-6-10(11)13(16)18/h3-4,6-7,12H,5,8-9H2,1-2H3,(H2,16,18)(H,19,20). The number of nitrogens with two attached hydrogens (primary N) is 1. The molecule has 20 heavy (non-hydrogen) atoms. The number of anilines is 1. The molecule has 1 aliphatic rings. The van der Waals surface area contributed by atoms with E-state index < -0.39 is 17.9 Å². The first-order valence-electron chi connectivity index (χ1n) is 6.73. The normalized spacial score (nSPS) is 21.5. The van der Waals surface area contributed by atoms with Crippen LogP contribution in [0.15, 0.2) is 24.3 Å². The number of benzene rings is 1. The molecule has 1 aromatic carbocycles. The van der Waals surface area contributed by atoms with E-state index >= 15 is 0 Å². The molecule has 0 saturated carbocycles. The molecule has 3 N–H and O–H groups in total. The second kappa shape index (κ2) is 5.15. The first kappa shape index (κ1) is 14.4. The number of primary amides is 1. The van der Waals surface area contributed by atoms with E-state index in [2.05, 4.69) is 0 Å². The third-order valence-electron chi connectivity index (χ3n) is 3.98. The minimum Gasteiger partial charge on any atom is -0.480 e. The molecular weight excluding hydrogens is 256 g/mol. The van der Waals surface area contributed by atoms with E-state index in [-0.39, 0.29) is 5.41 Å². The van der Waals surface area contributed by atoms with Crippen molar-refractivity contribution in [1.29, 1.82) is 0 Å². The Bertz CT molecular complexity index is 540. The highest BCUT2D eigenvalue weighted by Crippen LogP contribution is 2.38. The molecule has 1 atom stereocenters. The van der Waals surface area contributed by atoms with Crippen molar-refractivity contribution in [3.8, 4) is 0 Å². The van der Waals surface area contributed by atoms with E-state index in [0.29, 0.717) is 17.8 Å². The van der Waals surface area contributed by atoms with E-state index in [1.807, 2.05) is 13.8 Å². The Labute approximate surface area is 118 Å². The number of carboxylic acid groups (broad SMARTS) is 1. The summed E-state index contributed by atoms with van der Waals surface area (Å²) in [6.45, 7) is 4.51. The summed E-state index contributed by atoms with van der Waals surface area (Å²) in [5.41, 5.74) is 6.03. The van der Waals surface area contributed by atoms with Gasteiger partial charge in [0.2, 0.25) is 0 Å². The molecule has 0 spiro atoms. The smallest absolute Gasteiger partial charge is 0.326 e. The van der Waals surface area contributed by atoms with Crippen LogP contribution in [0.2, 0.25) is 0 Å². The van der Waals surface area contributed by atoms with Crippen molar-refractivity contribution < 1.29 is 14.7 Å². The van der Waals surface area contributed by atoms with Crippen molar-refractivity contribution in [1.82, 2.24) is 0 Å². The maximum atomic E-state index is 11.7. The summed E-state index contributed by atoms with van der Waals surface area (Å²) in [5, 5.41) is 9.58. The lowest BCUT2D eigenvalue weighted by Gasteiger charge is -2.45. The summed E-state index contributed by atoms with van der Waals surface area (Å²) < 4.78 is 0. The van der Waals surface area contributed by atoms with Crippen LogP contribution in [-0.4, -0.2) is 29.6 Å². The average molecular weight is 276 g/mol. The lowest BCUT2D eigenvalue weighted by Crippen LogP contribution is -2.54. The second-order valence-electron chi connectivity index (χ2n) is 5.91. The molecule has 0 aliphatic carbocycles.